The number of nitrogens with one attached hydrogen (secondary N) is 1. The molecule has 0 aliphatic carbocycles. The molecular formula is C10H15FN2O4S. The number of benzene rings is 1. The SMILES string of the molecule is Cc1cc(F)c(N)cc1S(=O)(=O)NCC(O)CO. The fraction of sp³-hybridized carbons (Fsp3) is 0.400. The number of hydrogen-bond donors (Lipinski definition) is 4. The van der Waals surface area contributed by atoms with Gasteiger partial charge in [0.25, 0.3) is 0 Å². The number of anilines is 1. The molecule has 0 saturated carbocycles. The molecule has 0 aliphatic heterocycles. The summed E-state index contributed by atoms with van der Waals surface area (Å²) < 4.78 is 38.9. The van der Waals surface area contributed by atoms with E-state index in [1.54, 1.807) is 0 Å². The van der Waals surface area contributed by atoms with Crippen LogP contribution in [0.5, 0.6) is 0 Å². The molecule has 0 amide bonds. The minimum atomic E-state index is -3.90. The zero-order chi connectivity index (χ0) is 13.9. The summed E-state index contributed by atoms with van der Waals surface area (Å²) >= 11 is 0. The van der Waals surface area contributed by atoms with E-state index >= 15 is 0 Å². The van der Waals surface area contributed by atoms with Crippen molar-refractivity contribution < 1.29 is 23.0 Å². The lowest BCUT2D eigenvalue weighted by molar-refractivity contribution is 0.0988. The molecule has 1 atom stereocenters. The Morgan fingerprint density at radius 2 is 2.11 bits per heavy atom. The first kappa shape index (κ1) is 14.8. The fourth-order valence-electron chi connectivity index (χ4n) is 1.31. The highest BCUT2D eigenvalue weighted by Crippen LogP contribution is 2.21. The van der Waals surface area contributed by atoms with Gasteiger partial charge >= 0.3 is 0 Å². The summed E-state index contributed by atoms with van der Waals surface area (Å²) in [5, 5.41) is 17.7. The van der Waals surface area contributed by atoms with Crippen LogP contribution in [-0.2, 0) is 10.0 Å². The number of sulfonamides is 1. The standard InChI is InChI=1S/C10H15FN2O4S/c1-6-2-8(11)9(12)3-10(6)18(16,17)13-4-7(15)5-14/h2-3,7,13-15H,4-5,12H2,1H3. The van der Waals surface area contributed by atoms with E-state index in [1.807, 2.05) is 0 Å². The predicted molar refractivity (Wildman–Crippen MR) is 63.8 cm³/mol. The summed E-state index contributed by atoms with van der Waals surface area (Å²) in [5.74, 6) is -0.693. The van der Waals surface area contributed by atoms with Crippen molar-refractivity contribution in [2.45, 2.75) is 17.9 Å². The second kappa shape index (κ2) is 5.61. The first-order valence-electron chi connectivity index (χ1n) is 5.12. The molecule has 0 radical (unpaired) electrons. The van der Waals surface area contributed by atoms with Crippen molar-refractivity contribution in [3.8, 4) is 0 Å². The monoisotopic (exact) mass is 278 g/mol. The van der Waals surface area contributed by atoms with Crippen LogP contribution in [0.1, 0.15) is 5.56 Å². The lowest BCUT2D eigenvalue weighted by Gasteiger charge is -2.12. The van der Waals surface area contributed by atoms with Crippen LogP contribution in [0.4, 0.5) is 10.1 Å². The summed E-state index contributed by atoms with van der Waals surface area (Å²) in [6.07, 6.45) is -1.20. The van der Waals surface area contributed by atoms with E-state index in [0.29, 0.717) is 0 Å². The molecule has 102 valence electrons. The Balaban J connectivity index is 3.02. The average Bonchev–Trinajstić information content (AvgIpc) is 2.30. The van der Waals surface area contributed by atoms with Crippen LogP contribution < -0.4 is 10.5 Å². The van der Waals surface area contributed by atoms with Crippen LogP contribution in [0.15, 0.2) is 17.0 Å². The molecule has 1 unspecified atom stereocenters. The van der Waals surface area contributed by atoms with Gasteiger partial charge in [0, 0.05) is 6.54 Å². The van der Waals surface area contributed by atoms with Crippen LogP contribution in [0.2, 0.25) is 0 Å². The van der Waals surface area contributed by atoms with E-state index in [4.69, 9.17) is 15.9 Å². The first-order valence-corrected chi connectivity index (χ1v) is 6.60. The van der Waals surface area contributed by atoms with Gasteiger partial charge in [-0.25, -0.2) is 17.5 Å². The summed E-state index contributed by atoms with van der Waals surface area (Å²) in [7, 11) is -3.90. The number of halogens is 1. The third-order valence-corrected chi connectivity index (χ3v) is 3.87. The number of aliphatic hydroxyl groups excluding tert-OH is 2. The van der Waals surface area contributed by atoms with E-state index in [0.717, 1.165) is 12.1 Å². The number of rotatable bonds is 5. The van der Waals surface area contributed by atoms with Crippen LogP contribution in [-0.4, -0.2) is 37.9 Å². The summed E-state index contributed by atoms with van der Waals surface area (Å²) in [5.41, 5.74) is 5.24. The number of aryl methyl sites for hydroxylation is 1. The fourth-order valence-corrected chi connectivity index (χ4v) is 2.64. The van der Waals surface area contributed by atoms with Crippen molar-refractivity contribution >= 4 is 15.7 Å². The Hall–Kier alpha value is -1.22. The topological polar surface area (TPSA) is 113 Å². The van der Waals surface area contributed by atoms with Gasteiger partial charge in [-0.05, 0) is 24.6 Å². The Morgan fingerprint density at radius 3 is 2.67 bits per heavy atom. The normalized spacial score (nSPS) is 13.6. The number of aliphatic hydroxyl groups is 2. The Morgan fingerprint density at radius 1 is 1.50 bits per heavy atom. The second-order valence-corrected chi connectivity index (χ2v) is 5.56. The maximum absolute atomic E-state index is 13.1. The van der Waals surface area contributed by atoms with Gasteiger partial charge in [0.05, 0.1) is 23.3 Å². The molecule has 0 fully saturated rings. The molecular weight excluding hydrogens is 263 g/mol. The van der Waals surface area contributed by atoms with E-state index < -0.39 is 28.6 Å². The molecule has 6 nitrogen and oxygen atoms in total. The molecule has 0 bridgehead atoms. The molecule has 1 aromatic carbocycles. The summed E-state index contributed by atoms with van der Waals surface area (Å²) in [4.78, 5) is -0.161. The van der Waals surface area contributed by atoms with Gasteiger partial charge in [0.2, 0.25) is 10.0 Å². The smallest absolute Gasteiger partial charge is 0.240 e. The van der Waals surface area contributed by atoms with Gasteiger partial charge in [0.15, 0.2) is 0 Å². The molecule has 0 aromatic heterocycles. The molecule has 18 heavy (non-hydrogen) atoms. The Kier molecular flexibility index (Phi) is 4.63. The molecule has 8 heteroatoms. The molecule has 1 aromatic rings. The van der Waals surface area contributed by atoms with Crippen molar-refractivity contribution in [2.75, 3.05) is 18.9 Å². The Labute approximate surface area is 104 Å². The third-order valence-electron chi connectivity index (χ3n) is 2.30. The summed E-state index contributed by atoms with van der Waals surface area (Å²) in [6.45, 7) is 0.530. The summed E-state index contributed by atoms with van der Waals surface area (Å²) in [6, 6.07) is 2.03. The number of nitrogen functional groups attached to an aromatic ring is 1. The van der Waals surface area contributed by atoms with Gasteiger partial charge in [-0.1, -0.05) is 0 Å². The van der Waals surface area contributed by atoms with E-state index in [9.17, 15) is 12.8 Å². The lowest BCUT2D eigenvalue weighted by atomic mass is 10.2. The molecule has 0 aliphatic rings. The molecule has 5 N–H and O–H groups in total. The zero-order valence-electron chi connectivity index (χ0n) is 9.72. The quantitative estimate of drug-likeness (QED) is 0.535. The average molecular weight is 278 g/mol. The highest BCUT2D eigenvalue weighted by molar-refractivity contribution is 7.89. The second-order valence-electron chi connectivity index (χ2n) is 3.83. The first-order chi connectivity index (χ1) is 8.27. The zero-order valence-corrected chi connectivity index (χ0v) is 10.5. The largest absolute Gasteiger partial charge is 0.396 e. The van der Waals surface area contributed by atoms with Crippen molar-refractivity contribution in [1.29, 1.82) is 0 Å². The van der Waals surface area contributed by atoms with Gasteiger partial charge in [-0.3, -0.25) is 0 Å². The third kappa shape index (κ3) is 3.39. The number of nitrogens with two attached hydrogens (primary N) is 1. The molecule has 0 spiro atoms. The van der Waals surface area contributed by atoms with Crippen LogP contribution in [0.25, 0.3) is 0 Å². The minimum Gasteiger partial charge on any atom is -0.396 e. The highest BCUT2D eigenvalue weighted by atomic mass is 32.2. The maximum atomic E-state index is 13.1. The van der Waals surface area contributed by atoms with Crippen molar-refractivity contribution in [3.05, 3.63) is 23.5 Å². The van der Waals surface area contributed by atoms with Gasteiger partial charge < -0.3 is 15.9 Å². The van der Waals surface area contributed by atoms with E-state index in [-0.39, 0.29) is 22.7 Å². The minimum absolute atomic E-state index is 0.161. The van der Waals surface area contributed by atoms with Gasteiger partial charge in [-0.15, -0.1) is 0 Å². The Bertz CT molecular complexity index is 533. The molecule has 1 rings (SSSR count). The van der Waals surface area contributed by atoms with Gasteiger partial charge in [-0.2, -0.15) is 0 Å². The van der Waals surface area contributed by atoms with E-state index in [2.05, 4.69) is 4.72 Å². The van der Waals surface area contributed by atoms with E-state index in [1.165, 1.54) is 6.92 Å². The maximum Gasteiger partial charge on any atom is 0.240 e. The van der Waals surface area contributed by atoms with Gasteiger partial charge in [0.1, 0.15) is 5.82 Å². The van der Waals surface area contributed by atoms with Crippen molar-refractivity contribution in [1.82, 2.24) is 4.72 Å². The molecule has 0 saturated heterocycles. The number of hydrogen-bond acceptors (Lipinski definition) is 5. The van der Waals surface area contributed by atoms with Crippen LogP contribution in [0, 0.1) is 12.7 Å². The highest BCUT2D eigenvalue weighted by Gasteiger charge is 2.19. The van der Waals surface area contributed by atoms with Crippen LogP contribution >= 0.6 is 0 Å². The van der Waals surface area contributed by atoms with Crippen molar-refractivity contribution in [3.63, 3.8) is 0 Å². The van der Waals surface area contributed by atoms with Crippen LogP contribution in [0.3, 0.4) is 0 Å². The lowest BCUT2D eigenvalue weighted by Crippen LogP contribution is -2.34. The molecule has 0 heterocycles. The van der Waals surface area contributed by atoms with Crippen molar-refractivity contribution in [2.24, 2.45) is 0 Å². The predicted octanol–water partition coefficient (Wildman–Crippen LogP) is -0.652.